The predicted molar refractivity (Wildman–Crippen MR) is 71.7 cm³/mol. The van der Waals surface area contributed by atoms with E-state index in [1.165, 1.54) is 6.07 Å². The average molecular weight is 334 g/mol. The van der Waals surface area contributed by atoms with Crippen LogP contribution in [0.4, 0.5) is 14.5 Å². The maximum absolute atomic E-state index is 14.1. The topological polar surface area (TPSA) is 29.5 Å². The highest BCUT2D eigenvalue weighted by molar-refractivity contribution is 9.10. The van der Waals surface area contributed by atoms with E-state index in [0.29, 0.717) is 19.4 Å². The molecule has 0 N–H and O–H groups in total. The van der Waals surface area contributed by atoms with Crippen LogP contribution in [-0.2, 0) is 4.74 Å². The summed E-state index contributed by atoms with van der Waals surface area (Å²) >= 11 is 2.90. The Balaban J connectivity index is 2.48. The second kappa shape index (κ2) is 5.54. The van der Waals surface area contributed by atoms with Gasteiger partial charge in [0.05, 0.1) is 22.4 Å². The van der Waals surface area contributed by atoms with Crippen molar-refractivity contribution in [1.29, 1.82) is 0 Å². The highest BCUT2D eigenvalue weighted by atomic mass is 79.9. The minimum absolute atomic E-state index is 0.0118. The van der Waals surface area contributed by atoms with E-state index >= 15 is 0 Å². The SMILES string of the molecule is CC1CN(c2c(C=O)cc(Br)c(F)c2F)CC(C)O1. The van der Waals surface area contributed by atoms with Gasteiger partial charge in [0.2, 0.25) is 0 Å². The van der Waals surface area contributed by atoms with Gasteiger partial charge in [-0.05, 0) is 35.8 Å². The molecule has 1 heterocycles. The molecule has 1 saturated heterocycles. The van der Waals surface area contributed by atoms with E-state index in [1.54, 1.807) is 4.90 Å². The third-order valence-electron chi connectivity index (χ3n) is 3.03. The standard InChI is InChI=1S/C13H14BrF2NO2/c1-7-4-17(5-8(2)19-7)13-9(6-18)3-10(14)11(15)12(13)16/h3,6-8H,4-5H2,1-2H3. The Labute approximate surface area is 118 Å². The van der Waals surface area contributed by atoms with Crippen molar-refractivity contribution in [2.75, 3.05) is 18.0 Å². The van der Waals surface area contributed by atoms with Gasteiger partial charge in [-0.1, -0.05) is 0 Å². The van der Waals surface area contributed by atoms with E-state index < -0.39 is 11.6 Å². The molecule has 1 aliphatic rings. The second-order valence-electron chi connectivity index (χ2n) is 4.70. The van der Waals surface area contributed by atoms with Crippen LogP contribution in [0.25, 0.3) is 0 Å². The number of rotatable bonds is 2. The molecule has 0 spiro atoms. The lowest BCUT2D eigenvalue weighted by atomic mass is 10.1. The number of carbonyl (C=O) groups is 1. The van der Waals surface area contributed by atoms with Crippen LogP contribution < -0.4 is 4.90 Å². The number of halogens is 3. The van der Waals surface area contributed by atoms with Gasteiger partial charge in [0, 0.05) is 18.7 Å². The van der Waals surface area contributed by atoms with E-state index in [2.05, 4.69) is 15.9 Å². The van der Waals surface area contributed by atoms with Crippen LogP contribution in [0.3, 0.4) is 0 Å². The zero-order valence-electron chi connectivity index (χ0n) is 10.6. The van der Waals surface area contributed by atoms with Gasteiger partial charge in [0.1, 0.15) is 0 Å². The van der Waals surface area contributed by atoms with Crippen molar-refractivity contribution in [3.05, 3.63) is 27.7 Å². The molecule has 0 saturated carbocycles. The molecular weight excluding hydrogens is 320 g/mol. The van der Waals surface area contributed by atoms with Crippen LogP contribution in [0.1, 0.15) is 24.2 Å². The Hall–Kier alpha value is -1.01. The van der Waals surface area contributed by atoms with Gasteiger partial charge < -0.3 is 9.64 Å². The van der Waals surface area contributed by atoms with Gasteiger partial charge in [-0.25, -0.2) is 8.78 Å². The Morgan fingerprint density at radius 3 is 2.42 bits per heavy atom. The fourth-order valence-corrected chi connectivity index (χ4v) is 2.80. The lowest BCUT2D eigenvalue weighted by molar-refractivity contribution is -0.00547. The third kappa shape index (κ3) is 2.79. The number of morpholine rings is 1. The molecule has 2 unspecified atom stereocenters. The van der Waals surface area contributed by atoms with Crippen molar-refractivity contribution in [2.24, 2.45) is 0 Å². The molecule has 3 nitrogen and oxygen atoms in total. The molecule has 1 aliphatic heterocycles. The molecule has 1 aromatic rings. The summed E-state index contributed by atoms with van der Waals surface area (Å²) < 4.78 is 33.3. The van der Waals surface area contributed by atoms with Crippen LogP contribution in [0.5, 0.6) is 0 Å². The minimum atomic E-state index is -1.00. The number of benzene rings is 1. The average Bonchev–Trinajstić information content (AvgIpc) is 2.34. The molecule has 104 valence electrons. The normalized spacial score (nSPS) is 23.5. The van der Waals surface area contributed by atoms with Crippen molar-refractivity contribution >= 4 is 27.9 Å². The number of hydrogen-bond acceptors (Lipinski definition) is 3. The van der Waals surface area contributed by atoms with Crippen molar-refractivity contribution in [3.8, 4) is 0 Å². The van der Waals surface area contributed by atoms with Crippen molar-refractivity contribution < 1.29 is 18.3 Å². The van der Waals surface area contributed by atoms with Gasteiger partial charge in [0.15, 0.2) is 17.9 Å². The van der Waals surface area contributed by atoms with E-state index in [-0.39, 0.29) is 27.9 Å². The van der Waals surface area contributed by atoms with E-state index in [4.69, 9.17) is 4.74 Å². The third-order valence-corrected chi connectivity index (χ3v) is 3.61. The number of anilines is 1. The Morgan fingerprint density at radius 1 is 1.32 bits per heavy atom. The highest BCUT2D eigenvalue weighted by Gasteiger charge is 2.28. The molecule has 2 atom stereocenters. The summed E-state index contributed by atoms with van der Waals surface area (Å²) in [6.07, 6.45) is 0.330. The summed E-state index contributed by atoms with van der Waals surface area (Å²) in [6, 6.07) is 1.30. The minimum Gasteiger partial charge on any atom is -0.372 e. The maximum atomic E-state index is 14.1. The number of aldehydes is 1. The molecule has 1 aromatic carbocycles. The number of nitrogens with zero attached hydrogens (tertiary/aromatic N) is 1. The zero-order valence-corrected chi connectivity index (χ0v) is 12.2. The van der Waals surface area contributed by atoms with Gasteiger partial charge in [-0.15, -0.1) is 0 Å². The molecule has 0 aromatic heterocycles. The van der Waals surface area contributed by atoms with Crippen molar-refractivity contribution in [2.45, 2.75) is 26.1 Å². The quantitative estimate of drug-likeness (QED) is 0.615. The molecule has 0 amide bonds. The van der Waals surface area contributed by atoms with E-state index in [1.807, 2.05) is 13.8 Å². The molecule has 1 fully saturated rings. The van der Waals surface area contributed by atoms with Crippen molar-refractivity contribution in [1.82, 2.24) is 0 Å². The molecule has 0 aliphatic carbocycles. The zero-order chi connectivity index (χ0) is 14.2. The lowest BCUT2D eigenvalue weighted by Crippen LogP contribution is -2.46. The van der Waals surface area contributed by atoms with Crippen LogP contribution in [0.2, 0.25) is 0 Å². The van der Waals surface area contributed by atoms with Gasteiger partial charge in [0.25, 0.3) is 0 Å². The summed E-state index contributed by atoms with van der Waals surface area (Å²) in [6.45, 7) is 4.55. The second-order valence-corrected chi connectivity index (χ2v) is 5.56. The summed E-state index contributed by atoms with van der Waals surface area (Å²) in [7, 11) is 0. The van der Waals surface area contributed by atoms with Gasteiger partial charge in [-0.2, -0.15) is 0 Å². The van der Waals surface area contributed by atoms with Crippen LogP contribution in [0, 0.1) is 11.6 Å². The number of ether oxygens (including phenoxy) is 1. The first-order valence-electron chi connectivity index (χ1n) is 5.97. The molecule has 0 bridgehead atoms. The van der Waals surface area contributed by atoms with Crippen LogP contribution in [-0.4, -0.2) is 31.6 Å². The smallest absolute Gasteiger partial charge is 0.183 e. The molecule has 6 heteroatoms. The van der Waals surface area contributed by atoms with E-state index in [0.717, 1.165) is 0 Å². The molecule has 2 rings (SSSR count). The largest absolute Gasteiger partial charge is 0.372 e. The van der Waals surface area contributed by atoms with Gasteiger partial charge in [-0.3, -0.25) is 4.79 Å². The summed E-state index contributed by atoms with van der Waals surface area (Å²) in [5, 5.41) is 0. The fraction of sp³-hybridized carbons (Fsp3) is 0.462. The first-order valence-corrected chi connectivity index (χ1v) is 6.76. The van der Waals surface area contributed by atoms with E-state index in [9.17, 15) is 13.6 Å². The summed E-state index contributed by atoms with van der Waals surface area (Å²) in [5.74, 6) is -1.98. The molecule has 19 heavy (non-hydrogen) atoms. The maximum Gasteiger partial charge on any atom is 0.183 e. The highest BCUT2D eigenvalue weighted by Crippen LogP contribution is 2.32. The summed E-state index contributed by atoms with van der Waals surface area (Å²) in [4.78, 5) is 12.7. The monoisotopic (exact) mass is 333 g/mol. The Bertz CT molecular complexity index is 500. The van der Waals surface area contributed by atoms with Crippen molar-refractivity contribution in [3.63, 3.8) is 0 Å². The predicted octanol–water partition coefficient (Wildman–Crippen LogP) is 3.15. The summed E-state index contributed by atoms with van der Waals surface area (Å²) in [5.41, 5.74) is 0.143. The lowest BCUT2D eigenvalue weighted by Gasteiger charge is -2.37. The van der Waals surface area contributed by atoms with Crippen LogP contribution >= 0.6 is 15.9 Å². The van der Waals surface area contributed by atoms with Gasteiger partial charge >= 0.3 is 0 Å². The molecule has 0 radical (unpaired) electrons. The Kier molecular flexibility index (Phi) is 4.20. The first-order chi connectivity index (χ1) is 8.93. The number of hydrogen-bond donors (Lipinski definition) is 0. The van der Waals surface area contributed by atoms with Crippen LogP contribution in [0.15, 0.2) is 10.5 Å². The number of carbonyl (C=O) groups excluding carboxylic acids is 1. The Morgan fingerprint density at radius 2 is 1.89 bits per heavy atom. The fourth-order valence-electron chi connectivity index (χ4n) is 2.38. The first kappa shape index (κ1) is 14.4. The molecular formula is C13H14BrF2NO2.